The highest BCUT2D eigenvalue weighted by molar-refractivity contribution is 7.12. The van der Waals surface area contributed by atoms with Crippen LogP contribution in [0.25, 0.3) is 0 Å². The van der Waals surface area contributed by atoms with Crippen molar-refractivity contribution < 1.29 is 22.7 Å². The molecule has 3 aliphatic rings. The number of aromatic nitrogens is 2. The summed E-state index contributed by atoms with van der Waals surface area (Å²) >= 11 is 1.95. The first-order chi connectivity index (χ1) is 16.6. The van der Waals surface area contributed by atoms with E-state index in [1.165, 1.54) is 21.5 Å². The van der Waals surface area contributed by atoms with Crippen LogP contribution < -0.4 is 5.32 Å². The largest absolute Gasteiger partial charge is 0.408 e. The second-order valence-electron chi connectivity index (χ2n) is 10.3. The van der Waals surface area contributed by atoms with Crippen molar-refractivity contribution in [2.24, 2.45) is 5.92 Å². The molecule has 2 aliphatic heterocycles. The number of carbonyl (C=O) groups is 1. The molecule has 0 aromatic carbocycles. The van der Waals surface area contributed by atoms with Gasteiger partial charge >= 0.3 is 6.18 Å². The van der Waals surface area contributed by atoms with Crippen molar-refractivity contribution in [3.63, 3.8) is 0 Å². The monoisotopic (exact) mass is 510 g/mol. The van der Waals surface area contributed by atoms with Crippen LogP contribution in [0.5, 0.6) is 0 Å². The molecule has 192 valence electrons. The van der Waals surface area contributed by atoms with Crippen molar-refractivity contribution in [2.75, 3.05) is 19.7 Å². The average Bonchev–Trinajstić information content (AvgIpc) is 3.40. The standard InChI is InChI=1S/C25H33F3N4O2S/c1-3-20-10-21-22(35-20)4-7-34-24(21)5-6-31(16(2)11-24)13-17-8-19(9-17)30-23(33)18-12-29-32(14-18)15-25(26,27)28/h10,12,14,16-17,19H,3-9,11,13,15H2,1-2H3,(H,30,33)/t16-,17?,19?,24?/m0/s1. The number of nitrogens with one attached hydrogen (secondary N) is 1. The normalized spacial score (nSPS) is 29.1. The van der Waals surface area contributed by atoms with Gasteiger partial charge in [0.1, 0.15) is 6.54 Å². The van der Waals surface area contributed by atoms with E-state index in [1.807, 2.05) is 11.3 Å². The Morgan fingerprint density at radius 2 is 2.17 bits per heavy atom. The number of amides is 1. The Bertz CT molecular complexity index is 1060. The number of hydrogen-bond acceptors (Lipinski definition) is 5. The van der Waals surface area contributed by atoms with Crippen molar-refractivity contribution in [1.82, 2.24) is 20.0 Å². The molecule has 1 saturated carbocycles. The molecule has 2 fully saturated rings. The van der Waals surface area contributed by atoms with Gasteiger partial charge in [-0.25, -0.2) is 0 Å². The molecule has 2 aromatic rings. The van der Waals surface area contributed by atoms with Crippen molar-refractivity contribution >= 4 is 17.2 Å². The Labute approximate surface area is 207 Å². The van der Waals surface area contributed by atoms with Gasteiger partial charge in [0.05, 0.1) is 24.0 Å². The van der Waals surface area contributed by atoms with Crippen LogP contribution in [0.3, 0.4) is 0 Å². The maximum absolute atomic E-state index is 12.5. The molecule has 1 saturated heterocycles. The molecule has 10 heteroatoms. The lowest BCUT2D eigenvalue weighted by molar-refractivity contribution is -0.142. The van der Waals surface area contributed by atoms with E-state index < -0.39 is 12.7 Å². The minimum absolute atomic E-state index is 0.0624. The molecule has 5 rings (SSSR count). The summed E-state index contributed by atoms with van der Waals surface area (Å²) < 4.78 is 44.7. The van der Waals surface area contributed by atoms with E-state index in [9.17, 15) is 18.0 Å². The van der Waals surface area contributed by atoms with E-state index in [2.05, 4.69) is 35.2 Å². The number of likely N-dealkylation sites (tertiary alicyclic amines) is 1. The highest BCUT2D eigenvalue weighted by Crippen LogP contribution is 2.46. The lowest BCUT2D eigenvalue weighted by atomic mass is 9.76. The lowest BCUT2D eigenvalue weighted by Crippen LogP contribution is -2.54. The van der Waals surface area contributed by atoms with Crippen molar-refractivity contribution in [3.05, 3.63) is 39.3 Å². The van der Waals surface area contributed by atoms with Gasteiger partial charge in [0.2, 0.25) is 0 Å². The molecule has 0 bridgehead atoms. The van der Waals surface area contributed by atoms with E-state index in [0.29, 0.717) is 12.0 Å². The summed E-state index contributed by atoms with van der Waals surface area (Å²) in [7, 11) is 0. The minimum atomic E-state index is -4.36. The second kappa shape index (κ2) is 9.52. The molecule has 1 unspecified atom stereocenters. The number of carbonyl (C=O) groups excluding carboxylic acids is 1. The zero-order valence-electron chi connectivity index (χ0n) is 20.2. The molecule has 2 aromatic heterocycles. The van der Waals surface area contributed by atoms with Crippen LogP contribution in [0.15, 0.2) is 18.5 Å². The third-order valence-corrected chi connectivity index (χ3v) is 9.10. The topological polar surface area (TPSA) is 59.4 Å². The van der Waals surface area contributed by atoms with Gasteiger partial charge in [-0.05, 0) is 56.6 Å². The molecule has 1 amide bonds. The predicted molar refractivity (Wildman–Crippen MR) is 128 cm³/mol. The van der Waals surface area contributed by atoms with E-state index in [0.717, 1.165) is 69.1 Å². The maximum Gasteiger partial charge on any atom is 0.408 e. The van der Waals surface area contributed by atoms with Crippen LogP contribution in [-0.2, 0) is 29.7 Å². The SMILES string of the molecule is CCc1cc2c(s1)CCOC21CCN(CC2CC(NC(=O)c3cnn(CC(F)(F)F)c3)C2)[C@@H](C)C1. The molecule has 2 atom stereocenters. The molecular weight excluding hydrogens is 477 g/mol. The quantitative estimate of drug-likeness (QED) is 0.621. The highest BCUT2D eigenvalue weighted by Gasteiger charge is 2.45. The zero-order chi connectivity index (χ0) is 24.8. The Balaban J connectivity index is 1.10. The second-order valence-corrected chi connectivity index (χ2v) is 11.6. The molecule has 1 N–H and O–H groups in total. The van der Waals surface area contributed by atoms with Gasteiger partial charge in [-0.3, -0.25) is 9.48 Å². The van der Waals surface area contributed by atoms with Crippen LogP contribution in [0.1, 0.15) is 65.2 Å². The zero-order valence-corrected chi connectivity index (χ0v) is 21.1. The first-order valence-corrected chi connectivity index (χ1v) is 13.4. The molecule has 4 heterocycles. The van der Waals surface area contributed by atoms with Gasteiger partial charge in [0, 0.05) is 47.5 Å². The fourth-order valence-corrected chi connectivity index (χ4v) is 7.08. The Morgan fingerprint density at radius 3 is 2.89 bits per heavy atom. The van der Waals surface area contributed by atoms with Crippen LogP contribution in [0.4, 0.5) is 13.2 Å². The first kappa shape index (κ1) is 24.8. The summed E-state index contributed by atoms with van der Waals surface area (Å²) in [5, 5.41) is 6.59. The van der Waals surface area contributed by atoms with E-state index in [1.54, 1.807) is 0 Å². The first-order valence-electron chi connectivity index (χ1n) is 12.5. The minimum Gasteiger partial charge on any atom is -0.370 e. The number of halogens is 3. The number of nitrogens with zero attached hydrogens (tertiary/aromatic N) is 3. The third-order valence-electron chi connectivity index (χ3n) is 7.76. The van der Waals surface area contributed by atoms with Crippen molar-refractivity contribution in [3.8, 4) is 0 Å². The Kier molecular flexibility index (Phi) is 6.74. The number of rotatable bonds is 6. The molecule has 1 aliphatic carbocycles. The lowest BCUT2D eigenvalue weighted by Gasteiger charge is -2.49. The number of piperidine rings is 1. The molecule has 6 nitrogen and oxygen atoms in total. The summed E-state index contributed by atoms with van der Waals surface area (Å²) in [6, 6.07) is 2.87. The highest BCUT2D eigenvalue weighted by atomic mass is 32.1. The van der Waals surface area contributed by atoms with Gasteiger partial charge in [0.15, 0.2) is 0 Å². The van der Waals surface area contributed by atoms with Gasteiger partial charge in [-0.15, -0.1) is 11.3 Å². The number of fused-ring (bicyclic) bond motifs is 2. The summed E-state index contributed by atoms with van der Waals surface area (Å²) in [4.78, 5) is 17.9. The van der Waals surface area contributed by atoms with Gasteiger partial charge in [0.25, 0.3) is 5.91 Å². The Morgan fingerprint density at radius 1 is 1.37 bits per heavy atom. The number of alkyl halides is 3. The molecule has 0 radical (unpaired) electrons. The summed E-state index contributed by atoms with van der Waals surface area (Å²) in [6.45, 7) is 6.13. The Hall–Kier alpha value is -1.91. The number of thiophene rings is 1. The van der Waals surface area contributed by atoms with Gasteiger partial charge < -0.3 is 15.0 Å². The molecular formula is C25H33F3N4O2S. The van der Waals surface area contributed by atoms with E-state index in [4.69, 9.17) is 4.74 Å². The van der Waals surface area contributed by atoms with Crippen LogP contribution in [-0.4, -0.2) is 58.5 Å². The maximum atomic E-state index is 12.5. The van der Waals surface area contributed by atoms with Crippen molar-refractivity contribution in [2.45, 2.75) is 82.8 Å². The van der Waals surface area contributed by atoms with Crippen LogP contribution in [0, 0.1) is 5.92 Å². The number of aryl methyl sites for hydroxylation is 1. The smallest absolute Gasteiger partial charge is 0.370 e. The van der Waals surface area contributed by atoms with Gasteiger partial charge in [-0.1, -0.05) is 6.92 Å². The van der Waals surface area contributed by atoms with Crippen LogP contribution in [0.2, 0.25) is 0 Å². The summed E-state index contributed by atoms with van der Waals surface area (Å²) in [5.41, 5.74) is 1.46. The molecule has 1 spiro atoms. The fourth-order valence-electron chi connectivity index (χ4n) is 5.90. The van der Waals surface area contributed by atoms with Crippen LogP contribution >= 0.6 is 11.3 Å². The summed E-state index contributed by atoms with van der Waals surface area (Å²) in [6.07, 6.45) is 3.89. The van der Waals surface area contributed by atoms with Gasteiger partial charge in [-0.2, -0.15) is 18.3 Å². The average molecular weight is 511 g/mol. The van der Waals surface area contributed by atoms with E-state index in [-0.39, 0.29) is 23.1 Å². The van der Waals surface area contributed by atoms with Crippen molar-refractivity contribution in [1.29, 1.82) is 0 Å². The summed E-state index contributed by atoms with van der Waals surface area (Å²) in [5.74, 6) is 0.156. The number of ether oxygens (including phenoxy) is 1. The number of hydrogen-bond donors (Lipinski definition) is 1. The van der Waals surface area contributed by atoms with E-state index >= 15 is 0 Å². The third kappa shape index (κ3) is 5.29. The molecule has 35 heavy (non-hydrogen) atoms. The predicted octanol–water partition coefficient (Wildman–Crippen LogP) is 4.53. The fraction of sp³-hybridized carbons (Fsp3) is 0.680.